The molecule has 4 rings (SSSR count). The average molecular weight is 441 g/mol. The average Bonchev–Trinajstić information content (AvgIpc) is 3.52. The van der Waals surface area contributed by atoms with Gasteiger partial charge in [-0.1, -0.05) is 61.8 Å². The van der Waals surface area contributed by atoms with Gasteiger partial charge in [0.25, 0.3) is 5.91 Å². The Bertz CT molecular complexity index is 977. The van der Waals surface area contributed by atoms with Crippen LogP contribution < -0.4 is 16.4 Å². The second-order valence-electron chi connectivity index (χ2n) is 8.95. The highest BCUT2D eigenvalue weighted by molar-refractivity contribution is 6.33. The van der Waals surface area contributed by atoms with E-state index in [2.05, 4.69) is 24.5 Å². The van der Waals surface area contributed by atoms with Crippen molar-refractivity contribution in [2.75, 3.05) is 0 Å². The van der Waals surface area contributed by atoms with E-state index in [1.165, 1.54) is 0 Å². The van der Waals surface area contributed by atoms with Gasteiger partial charge in [-0.2, -0.15) is 0 Å². The molecule has 2 aromatic carbocycles. The fourth-order valence-electron chi connectivity index (χ4n) is 4.27. The van der Waals surface area contributed by atoms with Crippen LogP contribution in [-0.2, 0) is 16.9 Å². The fraction of sp³-hybridized carbons (Fsp3) is 0.417. The topological polar surface area (TPSA) is 87.5 Å². The van der Waals surface area contributed by atoms with Gasteiger partial charge in [0.15, 0.2) is 0 Å². The van der Waals surface area contributed by atoms with Gasteiger partial charge in [0.1, 0.15) is 11.8 Å². The SMILES string of the molecule is CC(C)CC1(c2ccccc2)NC(N)N(Cc2ccc(Cl)c(C(=O)NC3CC3)c2)C1=O. The van der Waals surface area contributed by atoms with Gasteiger partial charge in [-0.15, -0.1) is 0 Å². The minimum Gasteiger partial charge on any atom is -0.349 e. The zero-order chi connectivity index (χ0) is 22.2. The molecule has 164 valence electrons. The number of nitrogens with one attached hydrogen (secondary N) is 2. The second-order valence-corrected chi connectivity index (χ2v) is 9.36. The summed E-state index contributed by atoms with van der Waals surface area (Å²) in [6, 6.07) is 15.3. The van der Waals surface area contributed by atoms with Crippen molar-refractivity contribution in [2.45, 2.75) is 57.5 Å². The van der Waals surface area contributed by atoms with Crippen molar-refractivity contribution in [1.29, 1.82) is 0 Å². The lowest BCUT2D eigenvalue weighted by Gasteiger charge is -2.30. The first-order valence-corrected chi connectivity index (χ1v) is 11.2. The molecule has 1 aliphatic heterocycles. The zero-order valence-electron chi connectivity index (χ0n) is 17.9. The molecule has 6 nitrogen and oxygen atoms in total. The minimum absolute atomic E-state index is 0.0566. The van der Waals surface area contributed by atoms with Crippen molar-refractivity contribution < 1.29 is 9.59 Å². The molecule has 2 unspecified atom stereocenters. The van der Waals surface area contributed by atoms with E-state index >= 15 is 0 Å². The minimum atomic E-state index is -0.868. The highest BCUT2D eigenvalue weighted by Gasteiger charge is 2.51. The van der Waals surface area contributed by atoms with Crippen LogP contribution in [0.25, 0.3) is 0 Å². The van der Waals surface area contributed by atoms with Crippen LogP contribution in [0.1, 0.15) is 54.6 Å². The smallest absolute Gasteiger partial charge is 0.253 e. The van der Waals surface area contributed by atoms with E-state index in [1.807, 2.05) is 36.4 Å². The molecular weight excluding hydrogens is 412 g/mol. The maximum absolute atomic E-state index is 13.7. The van der Waals surface area contributed by atoms with Gasteiger partial charge in [0, 0.05) is 12.6 Å². The third-order valence-electron chi connectivity index (χ3n) is 5.88. The third-order valence-corrected chi connectivity index (χ3v) is 6.21. The van der Waals surface area contributed by atoms with Gasteiger partial charge in [0.05, 0.1) is 10.6 Å². The maximum atomic E-state index is 13.7. The van der Waals surface area contributed by atoms with E-state index in [1.54, 1.807) is 17.0 Å². The van der Waals surface area contributed by atoms with Crippen molar-refractivity contribution in [2.24, 2.45) is 11.7 Å². The molecule has 7 heteroatoms. The molecule has 0 spiro atoms. The van der Waals surface area contributed by atoms with Gasteiger partial charge in [-0.05, 0) is 48.4 Å². The highest BCUT2D eigenvalue weighted by atomic mass is 35.5. The van der Waals surface area contributed by atoms with Crippen molar-refractivity contribution in [3.63, 3.8) is 0 Å². The van der Waals surface area contributed by atoms with Crippen LogP contribution in [0.4, 0.5) is 0 Å². The maximum Gasteiger partial charge on any atom is 0.253 e. The van der Waals surface area contributed by atoms with Gasteiger partial charge >= 0.3 is 0 Å². The van der Waals surface area contributed by atoms with Gasteiger partial charge in [-0.3, -0.25) is 20.6 Å². The summed E-state index contributed by atoms with van der Waals surface area (Å²) in [5, 5.41) is 6.73. The van der Waals surface area contributed by atoms with Crippen molar-refractivity contribution in [3.8, 4) is 0 Å². The predicted octanol–water partition coefficient (Wildman–Crippen LogP) is 3.35. The van der Waals surface area contributed by atoms with Crippen LogP contribution in [0.3, 0.4) is 0 Å². The number of carbonyl (C=O) groups is 2. The molecule has 0 radical (unpaired) electrons. The molecule has 1 aliphatic carbocycles. The Morgan fingerprint density at radius 1 is 1.26 bits per heavy atom. The summed E-state index contributed by atoms with van der Waals surface area (Å²) in [5.41, 5.74) is 7.67. The lowest BCUT2D eigenvalue weighted by Crippen LogP contribution is -2.48. The largest absolute Gasteiger partial charge is 0.349 e. The Labute approximate surface area is 188 Å². The monoisotopic (exact) mass is 440 g/mol. The van der Waals surface area contributed by atoms with E-state index in [9.17, 15) is 9.59 Å². The van der Waals surface area contributed by atoms with Gasteiger partial charge in [-0.25, -0.2) is 0 Å². The normalized spacial score (nSPS) is 23.5. The number of amides is 2. The summed E-state index contributed by atoms with van der Waals surface area (Å²) < 4.78 is 0. The molecule has 2 aliphatic rings. The second kappa shape index (κ2) is 8.61. The van der Waals surface area contributed by atoms with E-state index in [-0.39, 0.29) is 23.8 Å². The van der Waals surface area contributed by atoms with Crippen LogP contribution >= 0.6 is 11.6 Å². The molecule has 0 bridgehead atoms. The molecule has 0 aromatic heterocycles. The van der Waals surface area contributed by atoms with E-state index < -0.39 is 11.8 Å². The quantitative estimate of drug-likeness (QED) is 0.616. The van der Waals surface area contributed by atoms with E-state index in [4.69, 9.17) is 17.3 Å². The molecule has 4 N–H and O–H groups in total. The van der Waals surface area contributed by atoms with Crippen LogP contribution in [-0.4, -0.2) is 29.0 Å². The Morgan fingerprint density at radius 3 is 2.61 bits per heavy atom. The molecule has 2 atom stereocenters. The first-order chi connectivity index (χ1) is 14.8. The zero-order valence-corrected chi connectivity index (χ0v) is 18.7. The number of hydrogen-bond acceptors (Lipinski definition) is 4. The Balaban J connectivity index is 1.60. The molecule has 2 fully saturated rings. The van der Waals surface area contributed by atoms with Gasteiger partial charge < -0.3 is 10.2 Å². The predicted molar refractivity (Wildman–Crippen MR) is 121 cm³/mol. The number of benzene rings is 2. The number of rotatable bonds is 7. The van der Waals surface area contributed by atoms with Crippen LogP contribution in [0.5, 0.6) is 0 Å². The Morgan fingerprint density at radius 2 is 1.97 bits per heavy atom. The lowest BCUT2D eigenvalue weighted by atomic mass is 9.82. The number of halogens is 1. The van der Waals surface area contributed by atoms with Crippen LogP contribution in [0, 0.1) is 5.92 Å². The van der Waals surface area contributed by atoms with Crippen LogP contribution in [0.2, 0.25) is 5.02 Å². The lowest BCUT2D eigenvalue weighted by molar-refractivity contribution is -0.134. The molecule has 1 saturated carbocycles. The molecule has 1 heterocycles. The first-order valence-electron chi connectivity index (χ1n) is 10.8. The highest BCUT2D eigenvalue weighted by Crippen LogP contribution is 2.36. The molecule has 31 heavy (non-hydrogen) atoms. The molecule has 1 saturated heterocycles. The molecule has 2 amide bonds. The summed E-state index contributed by atoms with van der Waals surface area (Å²) in [4.78, 5) is 27.9. The van der Waals surface area contributed by atoms with Crippen LogP contribution in [0.15, 0.2) is 48.5 Å². The van der Waals surface area contributed by atoms with E-state index in [0.29, 0.717) is 23.6 Å². The Kier molecular flexibility index (Phi) is 6.06. The summed E-state index contributed by atoms with van der Waals surface area (Å²) in [6.45, 7) is 4.48. The third kappa shape index (κ3) is 4.47. The molecule has 2 aromatic rings. The number of nitrogens with two attached hydrogens (primary N) is 1. The summed E-state index contributed by atoms with van der Waals surface area (Å²) in [7, 11) is 0. The van der Waals surface area contributed by atoms with Gasteiger partial charge in [0.2, 0.25) is 5.91 Å². The standard InChI is InChI=1S/C24H29ClN4O2/c1-15(2)13-24(17-6-4-3-5-7-17)22(31)29(23(26)28-24)14-16-8-11-20(25)19(12-16)21(30)27-18-9-10-18/h3-8,11-12,15,18,23,28H,9-10,13-14,26H2,1-2H3,(H,27,30). The summed E-state index contributed by atoms with van der Waals surface area (Å²) in [6.07, 6.45) is 2.01. The number of carbonyl (C=O) groups excluding carboxylic acids is 2. The van der Waals surface area contributed by atoms with E-state index in [0.717, 1.165) is 24.0 Å². The van der Waals surface area contributed by atoms with Crippen molar-refractivity contribution in [3.05, 3.63) is 70.2 Å². The number of hydrogen-bond donors (Lipinski definition) is 3. The fourth-order valence-corrected chi connectivity index (χ4v) is 4.48. The van der Waals surface area contributed by atoms with Crippen molar-refractivity contribution in [1.82, 2.24) is 15.5 Å². The summed E-state index contributed by atoms with van der Waals surface area (Å²) in [5.74, 6) is 0.0545. The molecular formula is C24H29ClN4O2. The Hall–Kier alpha value is -2.41. The first kappa shape index (κ1) is 21.8. The van der Waals surface area contributed by atoms with Crippen molar-refractivity contribution >= 4 is 23.4 Å². The summed E-state index contributed by atoms with van der Waals surface area (Å²) >= 11 is 6.27. The number of nitrogens with zero attached hydrogens (tertiary/aromatic N) is 1.